The first-order valence-corrected chi connectivity index (χ1v) is 18.0. The third-order valence-corrected chi connectivity index (χ3v) is 8.44. The Kier molecular flexibility index (Phi) is 17.8. The van der Waals surface area contributed by atoms with Crippen LogP contribution in [0.2, 0.25) is 0 Å². The fourth-order valence-corrected chi connectivity index (χ4v) is 5.79. The molecular formula is C38H67N7O5. The summed E-state index contributed by atoms with van der Waals surface area (Å²) in [5.41, 5.74) is 17.3. The van der Waals surface area contributed by atoms with Crippen LogP contribution in [-0.4, -0.2) is 72.2 Å². The number of urea groups is 1. The minimum absolute atomic E-state index is 0.0392. The summed E-state index contributed by atoms with van der Waals surface area (Å²) in [4.78, 5) is 64.6. The van der Waals surface area contributed by atoms with Crippen molar-refractivity contribution in [3.63, 3.8) is 0 Å². The van der Waals surface area contributed by atoms with E-state index in [-0.39, 0.29) is 35.7 Å². The van der Waals surface area contributed by atoms with Gasteiger partial charge in [-0.05, 0) is 89.3 Å². The number of carbonyl (C=O) groups excluding carboxylic acids is 5. The fourth-order valence-electron chi connectivity index (χ4n) is 5.79. The van der Waals surface area contributed by atoms with Gasteiger partial charge in [0.1, 0.15) is 0 Å². The number of hydrogen-bond acceptors (Lipinski definition) is 8. The summed E-state index contributed by atoms with van der Waals surface area (Å²) in [6, 6.07) is 4.31. The molecule has 1 aromatic rings. The molecule has 0 aliphatic carbocycles. The molecule has 1 rings (SSSR count). The topological polar surface area (TPSA) is 212 Å². The van der Waals surface area contributed by atoms with Gasteiger partial charge in [0, 0.05) is 22.9 Å². The molecule has 0 saturated carbocycles. The summed E-state index contributed by atoms with van der Waals surface area (Å²) >= 11 is 0. The van der Waals surface area contributed by atoms with Gasteiger partial charge in [-0.2, -0.15) is 0 Å². The zero-order valence-electron chi connectivity index (χ0n) is 32.3. The van der Waals surface area contributed by atoms with Crippen LogP contribution in [0.5, 0.6) is 0 Å². The molecule has 0 saturated heterocycles. The lowest BCUT2D eigenvalue weighted by Crippen LogP contribution is -2.58. The molecule has 12 heteroatoms. The van der Waals surface area contributed by atoms with Gasteiger partial charge in [0.15, 0.2) is 11.6 Å². The molecule has 12 nitrogen and oxygen atoms in total. The zero-order valence-corrected chi connectivity index (χ0v) is 32.3. The number of amides is 4. The van der Waals surface area contributed by atoms with E-state index < -0.39 is 46.6 Å². The second-order valence-electron chi connectivity index (χ2n) is 16.8. The predicted molar refractivity (Wildman–Crippen MR) is 200 cm³/mol. The maximum atomic E-state index is 13.9. The Labute approximate surface area is 300 Å². The molecule has 284 valence electrons. The molecular weight excluding hydrogens is 634 g/mol. The number of ketones is 2. The van der Waals surface area contributed by atoms with Crippen molar-refractivity contribution < 1.29 is 24.0 Å². The highest BCUT2D eigenvalue weighted by Crippen LogP contribution is 2.22. The Morgan fingerprint density at radius 2 is 1.24 bits per heavy atom. The first-order chi connectivity index (χ1) is 23.0. The van der Waals surface area contributed by atoms with Crippen molar-refractivity contribution in [2.24, 2.45) is 33.9 Å². The van der Waals surface area contributed by atoms with E-state index in [9.17, 15) is 24.0 Å². The molecule has 10 N–H and O–H groups in total. The van der Waals surface area contributed by atoms with E-state index in [0.29, 0.717) is 38.8 Å². The number of unbranched alkanes of at least 4 members (excludes halogenated alkanes) is 1. The zero-order chi connectivity index (χ0) is 38.4. The van der Waals surface area contributed by atoms with Crippen LogP contribution in [0.15, 0.2) is 24.3 Å². The number of benzene rings is 1. The molecule has 0 bridgehead atoms. The summed E-state index contributed by atoms with van der Waals surface area (Å²) in [5, 5.41) is 11.9. The average Bonchev–Trinajstić information content (AvgIpc) is 2.98. The van der Waals surface area contributed by atoms with E-state index >= 15 is 0 Å². The first-order valence-electron chi connectivity index (χ1n) is 18.0. The summed E-state index contributed by atoms with van der Waals surface area (Å²) in [6.45, 7) is 19.7. The van der Waals surface area contributed by atoms with Crippen LogP contribution < -0.4 is 38.5 Å². The molecule has 0 radical (unpaired) electrons. The number of hydrogen-bond donors (Lipinski definition) is 7. The molecule has 0 aliphatic rings. The lowest BCUT2D eigenvalue weighted by atomic mass is 9.84. The molecule has 0 aliphatic heterocycles. The van der Waals surface area contributed by atoms with Gasteiger partial charge in [-0.25, -0.2) is 4.79 Å². The number of nitrogens with two attached hydrogens (primary N) is 3. The number of primary amides is 1. The summed E-state index contributed by atoms with van der Waals surface area (Å²) < 4.78 is 0. The van der Waals surface area contributed by atoms with Crippen LogP contribution in [0.4, 0.5) is 4.79 Å². The minimum Gasteiger partial charge on any atom is -0.352 e. The Morgan fingerprint density at radius 1 is 0.740 bits per heavy atom. The van der Waals surface area contributed by atoms with Crippen molar-refractivity contribution in [3.05, 3.63) is 35.4 Å². The van der Waals surface area contributed by atoms with Crippen LogP contribution in [0.1, 0.15) is 112 Å². The molecule has 50 heavy (non-hydrogen) atoms. The SMILES string of the molecule is CC(Cc1cccc(CC(N)C(=O)NC(CCCCN)C(=O)C(C)(C)C)c1)[C@H](NC(C)(C)C)C(=O)N[C@@H](CCCNC(N)=O)C(=O)C(C)(C)C. The lowest BCUT2D eigenvalue weighted by molar-refractivity contribution is -0.134. The van der Waals surface area contributed by atoms with Crippen LogP contribution in [0.3, 0.4) is 0 Å². The van der Waals surface area contributed by atoms with Crippen molar-refractivity contribution in [1.29, 1.82) is 0 Å². The van der Waals surface area contributed by atoms with Gasteiger partial charge >= 0.3 is 6.03 Å². The number of carbonyl (C=O) groups is 5. The lowest BCUT2D eigenvalue weighted by Gasteiger charge is -2.34. The van der Waals surface area contributed by atoms with E-state index in [0.717, 1.165) is 24.0 Å². The third kappa shape index (κ3) is 16.6. The van der Waals surface area contributed by atoms with Crippen molar-refractivity contribution in [1.82, 2.24) is 21.3 Å². The van der Waals surface area contributed by atoms with Crippen molar-refractivity contribution in [2.75, 3.05) is 13.1 Å². The molecule has 0 spiro atoms. The largest absolute Gasteiger partial charge is 0.352 e. The highest BCUT2D eigenvalue weighted by molar-refractivity contribution is 5.94. The highest BCUT2D eigenvalue weighted by atomic mass is 16.2. The second-order valence-corrected chi connectivity index (χ2v) is 16.8. The molecule has 3 unspecified atom stereocenters. The van der Waals surface area contributed by atoms with Crippen LogP contribution in [0.25, 0.3) is 0 Å². The second kappa shape index (κ2) is 19.9. The quantitative estimate of drug-likeness (QED) is 0.100. The molecule has 5 atom stereocenters. The van der Waals surface area contributed by atoms with Crippen LogP contribution in [0, 0.1) is 16.7 Å². The third-order valence-electron chi connectivity index (χ3n) is 8.44. The van der Waals surface area contributed by atoms with Gasteiger partial charge < -0.3 is 38.5 Å². The maximum absolute atomic E-state index is 13.9. The molecule has 1 aromatic carbocycles. The monoisotopic (exact) mass is 702 g/mol. The molecule has 0 heterocycles. The normalized spacial score (nSPS) is 15.3. The molecule has 4 amide bonds. The number of Topliss-reactive ketones (excluding diaryl/α,β-unsaturated/α-hetero) is 2. The minimum atomic E-state index is -0.857. The van der Waals surface area contributed by atoms with Gasteiger partial charge in [-0.15, -0.1) is 0 Å². The first kappa shape index (κ1) is 44.7. The van der Waals surface area contributed by atoms with E-state index in [1.807, 2.05) is 93.5 Å². The Morgan fingerprint density at radius 3 is 1.72 bits per heavy atom. The van der Waals surface area contributed by atoms with E-state index in [4.69, 9.17) is 17.2 Å². The van der Waals surface area contributed by atoms with Crippen LogP contribution in [-0.2, 0) is 32.0 Å². The van der Waals surface area contributed by atoms with Gasteiger partial charge in [0.2, 0.25) is 11.8 Å². The van der Waals surface area contributed by atoms with Gasteiger partial charge in [0.25, 0.3) is 0 Å². The number of nitrogens with one attached hydrogen (secondary N) is 4. The smallest absolute Gasteiger partial charge is 0.312 e. The molecule has 0 aromatic heterocycles. The standard InChI is InChI=1S/C38H67N7O5/c1-24(30(45-38(8,9)10)34(49)44-29(32(47)37(5,6)7)18-14-20-42-35(41)50)21-25-15-13-16-26(22-25)23-27(40)33(48)43-28(17-11-12-19-39)31(46)36(2,3)4/h13,15-16,22,24,27-30,45H,11-12,14,17-21,23,39-40H2,1-10H3,(H,43,48)(H,44,49)(H3,41,42,50)/t24?,27?,28?,29-,30-/m0/s1. The highest BCUT2D eigenvalue weighted by Gasteiger charge is 2.35. The predicted octanol–water partition coefficient (Wildman–Crippen LogP) is 3.27. The van der Waals surface area contributed by atoms with Crippen molar-refractivity contribution >= 4 is 29.4 Å². The van der Waals surface area contributed by atoms with Gasteiger partial charge in [-0.1, -0.05) is 72.7 Å². The fraction of sp³-hybridized carbons (Fsp3) is 0.711. The average molecular weight is 702 g/mol. The number of rotatable bonds is 20. The summed E-state index contributed by atoms with van der Waals surface area (Å²) in [7, 11) is 0. The maximum Gasteiger partial charge on any atom is 0.312 e. The van der Waals surface area contributed by atoms with Crippen molar-refractivity contribution in [2.45, 2.75) is 144 Å². The Bertz CT molecular complexity index is 1280. The Balaban J connectivity index is 3.13. The summed E-state index contributed by atoms with van der Waals surface area (Å²) in [6.07, 6.45) is 3.64. The molecule has 0 fully saturated rings. The summed E-state index contributed by atoms with van der Waals surface area (Å²) in [5.74, 6) is -0.970. The van der Waals surface area contributed by atoms with E-state index in [1.165, 1.54) is 0 Å². The van der Waals surface area contributed by atoms with Crippen molar-refractivity contribution in [3.8, 4) is 0 Å². The van der Waals surface area contributed by atoms with Gasteiger partial charge in [-0.3, -0.25) is 19.2 Å². The van der Waals surface area contributed by atoms with Crippen LogP contribution >= 0.6 is 0 Å². The van der Waals surface area contributed by atoms with Gasteiger partial charge in [0.05, 0.1) is 24.2 Å². The Hall–Kier alpha value is -3.35. The van der Waals surface area contributed by atoms with E-state index in [2.05, 4.69) is 21.3 Å². The van der Waals surface area contributed by atoms with E-state index in [1.54, 1.807) is 0 Å².